The number of nitrogens with zero attached hydrogens (tertiary/aromatic N) is 2. The van der Waals surface area contributed by atoms with Gasteiger partial charge in [0.2, 0.25) is 0 Å². The Morgan fingerprint density at radius 2 is 2.19 bits per heavy atom. The second kappa shape index (κ2) is 8.08. The van der Waals surface area contributed by atoms with Crippen LogP contribution in [-0.2, 0) is 4.74 Å². The number of furan rings is 1. The van der Waals surface area contributed by atoms with Crippen molar-refractivity contribution in [1.29, 1.82) is 0 Å². The first-order chi connectivity index (χ1) is 13.2. The van der Waals surface area contributed by atoms with Gasteiger partial charge in [-0.2, -0.15) is 0 Å². The Kier molecular flexibility index (Phi) is 5.38. The maximum atomic E-state index is 12.5. The van der Waals surface area contributed by atoms with E-state index in [1.54, 1.807) is 17.4 Å². The van der Waals surface area contributed by atoms with Crippen molar-refractivity contribution in [2.24, 2.45) is 0 Å². The third-order valence-electron chi connectivity index (χ3n) is 4.54. The van der Waals surface area contributed by atoms with Crippen molar-refractivity contribution in [3.8, 4) is 10.6 Å². The van der Waals surface area contributed by atoms with Gasteiger partial charge in [0.1, 0.15) is 11.5 Å². The molecule has 3 aromatic rings. The maximum Gasteiger partial charge on any atom is 0.273 e. The average Bonchev–Trinajstić information content (AvgIpc) is 3.44. The molecule has 1 fully saturated rings. The van der Waals surface area contributed by atoms with Crippen LogP contribution in [0, 0.1) is 6.92 Å². The van der Waals surface area contributed by atoms with Crippen molar-refractivity contribution in [2.45, 2.75) is 13.0 Å². The highest BCUT2D eigenvalue weighted by Gasteiger charge is 2.26. The van der Waals surface area contributed by atoms with E-state index in [0.717, 1.165) is 29.5 Å². The zero-order valence-electron chi connectivity index (χ0n) is 15.0. The first-order valence-electron chi connectivity index (χ1n) is 8.87. The summed E-state index contributed by atoms with van der Waals surface area (Å²) < 4.78 is 16.6. The Hall–Kier alpha value is -2.42. The largest absolute Gasteiger partial charge is 0.465 e. The number of aryl methyl sites for hydroxylation is 1. The number of carbonyl (C=O) groups excluding carboxylic acids is 1. The van der Waals surface area contributed by atoms with Crippen molar-refractivity contribution >= 4 is 17.2 Å². The summed E-state index contributed by atoms with van der Waals surface area (Å²) in [6.45, 7) is 5.29. The van der Waals surface area contributed by atoms with Gasteiger partial charge in [-0.3, -0.25) is 9.69 Å². The minimum absolute atomic E-state index is 0.0461. The highest BCUT2D eigenvalue weighted by atomic mass is 32.1. The molecule has 7 nitrogen and oxygen atoms in total. The Morgan fingerprint density at radius 1 is 1.33 bits per heavy atom. The monoisotopic (exact) mass is 387 g/mol. The molecule has 4 heterocycles. The molecule has 27 heavy (non-hydrogen) atoms. The Labute approximate surface area is 160 Å². The van der Waals surface area contributed by atoms with Crippen LogP contribution in [0.4, 0.5) is 0 Å². The smallest absolute Gasteiger partial charge is 0.273 e. The summed E-state index contributed by atoms with van der Waals surface area (Å²) in [6.07, 6.45) is 0. The Morgan fingerprint density at radius 3 is 2.89 bits per heavy atom. The van der Waals surface area contributed by atoms with Gasteiger partial charge in [-0.05, 0) is 30.5 Å². The number of thiophene rings is 1. The minimum Gasteiger partial charge on any atom is -0.465 e. The SMILES string of the molecule is Cc1ccc(C(CNC(=O)c2cc(-c3cccs3)on2)N2CCOCC2)o1. The zero-order valence-corrected chi connectivity index (χ0v) is 15.8. The summed E-state index contributed by atoms with van der Waals surface area (Å²) in [4.78, 5) is 15.8. The molecular weight excluding hydrogens is 366 g/mol. The number of carbonyl (C=O) groups is 1. The first kappa shape index (κ1) is 18.0. The van der Waals surface area contributed by atoms with Crippen LogP contribution in [0.25, 0.3) is 10.6 Å². The molecule has 0 aliphatic carbocycles. The number of ether oxygens (including phenoxy) is 1. The fraction of sp³-hybridized carbons (Fsp3) is 0.368. The van der Waals surface area contributed by atoms with Crippen molar-refractivity contribution in [2.75, 3.05) is 32.8 Å². The van der Waals surface area contributed by atoms with Gasteiger partial charge in [-0.15, -0.1) is 11.3 Å². The first-order valence-corrected chi connectivity index (χ1v) is 9.75. The van der Waals surface area contributed by atoms with Gasteiger partial charge in [-0.25, -0.2) is 0 Å². The van der Waals surface area contributed by atoms with Gasteiger partial charge >= 0.3 is 0 Å². The third-order valence-corrected chi connectivity index (χ3v) is 5.42. The van der Waals surface area contributed by atoms with E-state index in [0.29, 0.717) is 25.5 Å². The minimum atomic E-state index is -0.261. The molecule has 1 saturated heterocycles. The van der Waals surface area contributed by atoms with E-state index >= 15 is 0 Å². The van der Waals surface area contributed by atoms with E-state index in [-0.39, 0.29) is 17.6 Å². The van der Waals surface area contributed by atoms with Crippen LogP contribution in [0.15, 0.2) is 44.7 Å². The van der Waals surface area contributed by atoms with Crippen LogP contribution in [0.2, 0.25) is 0 Å². The normalized spacial score (nSPS) is 16.3. The molecule has 0 radical (unpaired) electrons. The summed E-state index contributed by atoms with van der Waals surface area (Å²) >= 11 is 1.54. The molecule has 1 unspecified atom stereocenters. The predicted octanol–water partition coefficient (Wildman–Crippen LogP) is 3.11. The van der Waals surface area contributed by atoms with E-state index in [1.807, 2.05) is 36.6 Å². The van der Waals surface area contributed by atoms with E-state index in [1.165, 1.54) is 0 Å². The fourth-order valence-corrected chi connectivity index (χ4v) is 3.80. The molecule has 3 aromatic heterocycles. The number of hydrogen-bond donors (Lipinski definition) is 1. The number of rotatable bonds is 6. The van der Waals surface area contributed by atoms with Crippen molar-refractivity contribution in [3.63, 3.8) is 0 Å². The van der Waals surface area contributed by atoms with Gasteiger partial charge in [0, 0.05) is 25.7 Å². The third kappa shape index (κ3) is 4.13. The summed E-state index contributed by atoms with van der Waals surface area (Å²) in [6, 6.07) is 9.39. The molecule has 1 aliphatic rings. The number of hydrogen-bond acceptors (Lipinski definition) is 7. The molecule has 1 aliphatic heterocycles. The molecule has 8 heteroatoms. The van der Waals surface area contributed by atoms with Crippen LogP contribution in [0.1, 0.15) is 28.1 Å². The van der Waals surface area contributed by atoms with E-state index in [2.05, 4.69) is 15.4 Å². The van der Waals surface area contributed by atoms with E-state index in [9.17, 15) is 4.79 Å². The standard InChI is InChI=1S/C19H21N3O4S/c1-13-4-5-16(25-13)15(22-6-8-24-9-7-22)12-20-19(23)14-11-17(26-21-14)18-3-2-10-27-18/h2-5,10-11,15H,6-9,12H2,1H3,(H,20,23). The van der Waals surface area contributed by atoms with Gasteiger partial charge in [0.05, 0.1) is 24.1 Å². The zero-order chi connectivity index (χ0) is 18.6. The number of nitrogens with one attached hydrogen (secondary N) is 1. The maximum absolute atomic E-state index is 12.5. The second-order valence-corrected chi connectivity index (χ2v) is 7.32. The van der Waals surface area contributed by atoms with Gasteiger partial charge in [-0.1, -0.05) is 11.2 Å². The van der Waals surface area contributed by atoms with Crippen LogP contribution >= 0.6 is 11.3 Å². The topological polar surface area (TPSA) is 80.7 Å². The molecule has 1 atom stereocenters. The Bertz CT molecular complexity index is 881. The average molecular weight is 387 g/mol. The van der Waals surface area contributed by atoms with Gasteiger partial charge in [0.25, 0.3) is 5.91 Å². The number of morpholine rings is 1. The van der Waals surface area contributed by atoms with Crippen molar-refractivity contribution in [3.05, 3.63) is 52.9 Å². The van der Waals surface area contributed by atoms with Gasteiger partial charge < -0.3 is 19.0 Å². The van der Waals surface area contributed by atoms with Crippen molar-refractivity contribution in [1.82, 2.24) is 15.4 Å². The lowest BCUT2D eigenvalue weighted by atomic mass is 10.1. The highest BCUT2D eigenvalue weighted by Crippen LogP contribution is 2.26. The molecule has 0 saturated carbocycles. The Balaban J connectivity index is 1.44. The number of aromatic nitrogens is 1. The summed E-state index contributed by atoms with van der Waals surface area (Å²) in [5, 5.41) is 8.82. The van der Waals surface area contributed by atoms with Crippen LogP contribution in [0.5, 0.6) is 0 Å². The molecule has 0 bridgehead atoms. The molecule has 1 N–H and O–H groups in total. The summed E-state index contributed by atoms with van der Waals surface area (Å²) in [7, 11) is 0. The molecule has 1 amide bonds. The lowest BCUT2D eigenvalue weighted by Gasteiger charge is -2.33. The van der Waals surface area contributed by atoms with Crippen molar-refractivity contribution < 1.29 is 18.5 Å². The van der Waals surface area contributed by atoms with Crippen LogP contribution in [0.3, 0.4) is 0 Å². The lowest BCUT2D eigenvalue weighted by molar-refractivity contribution is 0.0116. The molecule has 0 aromatic carbocycles. The predicted molar refractivity (Wildman–Crippen MR) is 101 cm³/mol. The molecule has 0 spiro atoms. The van der Waals surface area contributed by atoms with E-state index in [4.69, 9.17) is 13.7 Å². The van der Waals surface area contributed by atoms with Crippen LogP contribution < -0.4 is 5.32 Å². The summed E-state index contributed by atoms with van der Waals surface area (Å²) in [5.74, 6) is 2.03. The lowest BCUT2D eigenvalue weighted by Crippen LogP contribution is -2.43. The van der Waals surface area contributed by atoms with Gasteiger partial charge in [0.15, 0.2) is 11.5 Å². The quantitative estimate of drug-likeness (QED) is 0.700. The second-order valence-electron chi connectivity index (χ2n) is 6.38. The molecular formula is C19H21N3O4S. The van der Waals surface area contributed by atoms with E-state index < -0.39 is 0 Å². The van der Waals surface area contributed by atoms with Crippen LogP contribution in [-0.4, -0.2) is 48.8 Å². The summed E-state index contributed by atoms with van der Waals surface area (Å²) in [5.41, 5.74) is 0.273. The highest BCUT2D eigenvalue weighted by molar-refractivity contribution is 7.13. The fourth-order valence-electron chi connectivity index (χ4n) is 3.13. The number of amides is 1. The molecule has 4 rings (SSSR count). The molecule has 142 valence electrons.